The van der Waals surface area contributed by atoms with Crippen LogP contribution in [0.5, 0.6) is 0 Å². The van der Waals surface area contributed by atoms with Crippen LogP contribution in [0.3, 0.4) is 0 Å². The van der Waals surface area contributed by atoms with Gasteiger partial charge in [0.2, 0.25) is 0 Å². The lowest BCUT2D eigenvalue weighted by atomic mass is 10.1. The van der Waals surface area contributed by atoms with Crippen LogP contribution in [0.4, 0.5) is 5.82 Å². The monoisotopic (exact) mass is 591 g/mol. The number of aliphatic hydroxyl groups is 1. The van der Waals surface area contributed by atoms with Gasteiger partial charge < -0.3 is 27.4 Å². The van der Waals surface area contributed by atoms with E-state index in [0.29, 0.717) is 16.7 Å². The number of benzene rings is 3. The van der Waals surface area contributed by atoms with Gasteiger partial charge in [-0.25, -0.2) is 19.8 Å². The Hall–Kier alpha value is -3.48. The molecule has 1 unspecified atom stereocenters. The van der Waals surface area contributed by atoms with Gasteiger partial charge in [-0.1, -0.05) is 54.6 Å². The van der Waals surface area contributed by atoms with Gasteiger partial charge in [0, 0.05) is 12.0 Å². The van der Waals surface area contributed by atoms with Gasteiger partial charge in [-0.3, -0.25) is 9.36 Å². The number of rotatable bonds is 9. The molecule has 0 aliphatic carbocycles. The second-order valence-electron chi connectivity index (χ2n) is 9.52. The van der Waals surface area contributed by atoms with Crippen molar-refractivity contribution in [2.24, 2.45) is 0 Å². The molecule has 4 atom stereocenters. The normalized spacial score (nSPS) is 20.3. The van der Waals surface area contributed by atoms with E-state index < -0.39 is 25.6 Å². The molecular weight excluding hydrogens is 565 g/mol. The first-order valence-corrected chi connectivity index (χ1v) is 15.4. The lowest BCUT2D eigenvalue weighted by molar-refractivity contribution is -0.0414. The van der Waals surface area contributed by atoms with Crippen molar-refractivity contribution in [2.45, 2.75) is 31.5 Å². The van der Waals surface area contributed by atoms with E-state index in [9.17, 15) is 14.8 Å². The molecule has 3 heterocycles. The summed E-state index contributed by atoms with van der Waals surface area (Å²) in [7, 11) is -3.60. The maximum absolute atomic E-state index is 12.6. The summed E-state index contributed by atoms with van der Waals surface area (Å²) < 4.78 is 18.8. The second kappa shape index (κ2) is 11.8. The highest BCUT2D eigenvalue weighted by Gasteiger charge is 2.38. The van der Waals surface area contributed by atoms with Crippen molar-refractivity contribution in [1.29, 1.82) is 0 Å². The number of nitrogens with one attached hydrogen (secondary N) is 1. The van der Waals surface area contributed by atoms with Crippen molar-refractivity contribution in [2.75, 3.05) is 11.9 Å². The molecule has 5 aromatic rings. The standard InChI is InChI=1S/C28H26N5O6PS/c34-22-13-24(33-17-31-25-26(29-16-30-27(25)33)32-28(35)20-7-2-1-3-8-20)39-23(22)15-38-40(36,41)37-14-18-10-11-19-6-4-5-9-21(19)12-18/h1-12,16-17,22-24,34H,13-15H2,(H,36,41)(H,29,30,32,35)/t22-,23+,24+,40?/m0/s1. The van der Waals surface area contributed by atoms with Crippen molar-refractivity contribution in [3.05, 3.63) is 96.6 Å². The molecule has 2 aromatic heterocycles. The number of aliphatic hydroxyl groups excluding tert-OH is 1. The van der Waals surface area contributed by atoms with E-state index in [1.54, 1.807) is 28.8 Å². The number of amides is 1. The molecule has 1 fully saturated rings. The van der Waals surface area contributed by atoms with Crippen molar-refractivity contribution in [1.82, 2.24) is 19.5 Å². The quantitative estimate of drug-likeness (QED) is 0.168. The van der Waals surface area contributed by atoms with Crippen LogP contribution in [0, 0.1) is 0 Å². The van der Waals surface area contributed by atoms with Gasteiger partial charge in [-0.05, 0) is 34.5 Å². The first kappa shape index (κ1) is 27.7. The van der Waals surface area contributed by atoms with Gasteiger partial charge in [0.25, 0.3) is 13.1 Å². The van der Waals surface area contributed by atoms with Crippen LogP contribution in [0.15, 0.2) is 85.5 Å². The largest absolute Gasteiger partial charge is 0.459 e. The molecule has 0 radical (unpaired) electrons. The van der Waals surface area contributed by atoms with Gasteiger partial charge in [0.05, 0.1) is 12.4 Å². The van der Waals surface area contributed by atoms with E-state index in [0.717, 1.165) is 16.3 Å². The molecule has 210 valence electrons. The molecule has 0 saturated carbocycles. The van der Waals surface area contributed by atoms with Gasteiger partial charge in [0.1, 0.15) is 31.9 Å². The highest BCUT2D eigenvalue weighted by atomic mass is 32.7. The third kappa shape index (κ3) is 6.24. The molecule has 11 nitrogen and oxygen atoms in total. The fraction of sp³-hybridized carbons (Fsp3) is 0.214. The third-order valence-electron chi connectivity index (χ3n) is 6.75. The minimum Gasteiger partial charge on any atom is -0.459 e. The first-order valence-electron chi connectivity index (χ1n) is 12.8. The van der Waals surface area contributed by atoms with E-state index in [-0.39, 0.29) is 31.4 Å². The summed E-state index contributed by atoms with van der Waals surface area (Å²) in [6.45, 7) is -0.0810. The van der Waals surface area contributed by atoms with Crippen molar-refractivity contribution in [3.8, 4) is 0 Å². The van der Waals surface area contributed by atoms with E-state index in [2.05, 4.69) is 20.3 Å². The molecule has 0 spiro atoms. The molecule has 6 rings (SSSR count). The summed E-state index contributed by atoms with van der Waals surface area (Å²) >= 11 is 5.19. The lowest BCUT2D eigenvalue weighted by Crippen LogP contribution is -2.26. The summed E-state index contributed by atoms with van der Waals surface area (Å²) in [5.74, 6) is -0.0713. The van der Waals surface area contributed by atoms with Crippen LogP contribution in [-0.4, -0.2) is 54.2 Å². The predicted octanol–water partition coefficient (Wildman–Crippen LogP) is 4.33. The van der Waals surface area contributed by atoms with Crippen LogP contribution in [0.2, 0.25) is 0 Å². The zero-order valence-corrected chi connectivity index (χ0v) is 23.3. The van der Waals surface area contributed by atoms with Crippen LogP contribution in [-0.2, 0) is 32.6 Å². The van der Waals surface area contributed by atoms with Gasteiger partial charge in [-0.2, -0.15) is 9.05 Å². The SMILES string of the molecule is O=C(Nc1ncnc2c1ncn2[C@H]1C[C@H](O)[C@@H](CO[P+](O)([S-])OCc2ccc3ccccc3c2)O1)c1ccccc1. The Morgan fingerprint density at radius 1 is 1.05 bits per heavy atom. The number of ether oxygens (including phenoxy) is 1. The summed E-state index contributed by atoms with van der Waals surface area (Å²) in [5, 5.41) is 15.6. The van der Waals surface area contributed by atoms with Gasteiger partial charge in [0.15, 0.2) is 17.0 Å². The van der Waals surface area contributed by atoms with E-state index in [1.165, 1.54) is 12.7 Å². The Labute approximate surface area is 240 Å². The van der Waals surface area contributed by atoms with Crippen LogP contribution < -0.4 is 5.32 Å². The maximum Gasteiger partial charge on any atom is 0.286 e. The molecule has 3 N–H and O–H groups in total. The fourth-order valence-corrected chi connectivity index (χ4v) is 5.71. The van der Waals surface area contributed by atoms with Crippen molar-refractivity contribution in [3.63, 3.8) is 0 Å². The molecule has 41 heavy (non-hydrogen) atoms. The summed E-state index contributed by atoms with van der Waals surface area (Å²) in [6.07, 6.45) is 0.776. The molecular formula is C28H26N5O6PS. The van der Waals surface area contributed by atoms with Crippen molar-refractivity contribution < 1.29 is 28.6 Å². The molecule has 1 saturated heterocycles. The van der Waals surface area contributed by atoms with E-state index in [1.807, 2.05) is 48.5 Å². The maximum atomic E-state index is 12.6. The van der Waals surface area contributed by atoms with E-state index in [4.69, 9.17) is 26.0 Å². The van der Waals surface area contributed by atoms with Crippen LogP contribution in [0.1, 0.15) is 28.6 Å². The Morgan fingerprint density at radius 2 is 1.83 bits per heavy atom. The number of carbonyl (C=O) groups excluding carboxylic acids is 1. The van der Waals surface area contributed by atoms with Crippen LogP contribution in [0.25, 0.3) is 21.9 Å². The predicted molar refractivity (Wildman–Crippen MR) is 155 cm³/mol. The highest BCUT2D eigenvalue weighted by Crippen LogP contribution is 2.55. The minimum atomic E-state index is -3.60. The lowest BCUT2D eigenvalue weighted by Gasteiger charge is -2.23. The summed E-state index contributed by atoms with van der Waals surface area (Å²) in [4.78, 5) is 36.1. The average molecular weight is 592 g/mol. The Bertz CT molecular complexity index is 1690. The third-order valence-corrected chi connectivity index (χ3v) is 8.31. The average Bonchev–Trinajstić information content (AvgIpc) is 3.59. The zero-order valence-electron chi connectivity index (χ0n) is 21.6. The second-order valence-corrected chi connectivity index (χ2v) is 12.4. The van der Waals surface area contributed by atoms with Crippen molar-refractivity contribution >= 4 is 53.1 Å². The molecule has 13 heteroatoms. The Balaban J connectivity index is 1.08. The van der Waals surface area contributed by atoms with Gasteiger partial charge in [-0.15, -0.1) is 0 Å². The van der Waals surface area contributed by atoms with E-state index >= 15 is 0 Å². The number of aromatic nitrogens is 4. The molecule has 0 bridgehead atoms. The van der Waals surface area contributed by atoms with Crippen LogP contribution >= 0.6 is 7.15 Å². The Morgan fingerprint density at radius 3 is 2.66 bits per heavy atom. The topological polar surface area (TPSA) is 141 Å². The summed E-state index contributed by atoms with van der Waals surface area (Å²) in [6, 6.07) is 22.5. The number of anilines is 1. The zero-order chi connectivity index (χ0) is 28.4. The highest BCUT2D eigenvalue weighted by molar-refractivity contribution is 8.35. The Kier molecular flexibility index (Phi) is 7.96. The molecule has 1 aliphatic heterocycles. The summed E-state index contributed by atoms with van der Waals surface area (Å²) in [5.41, 5.74) is 2.13. The minimum absolute atomic E-state index is 0.0825. The number of carbonyl (C=O) groups is 1. The number of hydrogen-bond donors (Lipinski definition) is 3. The number of nitrogens with zero attached hydrogens (tertiary/aromatic N) is 4. The number of imidazole rings is 1. The fourth-order valence-electron chi connectivity index (χ4n) is 4.65. The van der Waals surface area contributed by atoms with Gasteiger partial charge >= 0.3 is 0 Å². The smallest absolute Gasteiger partial charge is 0.286 e. The number of hydrogen-bond acceptors (Lipinski definition) is 10. The molecule has 3 aromatic carbocycles. The molecule has 1 amide bonds. The molecule has 1 aliphatic rings. The first-order chi connectivity index (χ1) is 19.9. The number of fused-ring (bicyclic) bond motifs is 2.